The van der Waals surface area contributed by atoms with Crippen molar-refractivity contribution in [2.24, 2.45) is 0 Å². The lowest BCUT2D eigenvalue weighted by atomic mass is 10.7. The molecular weight excluding hydrogens is 205 g/mol. The topological polar surface area (TPSA) is 25.2 Å². The Kier molecular flexibility index (Phi) is 1.23. The second-order valence-corrected chi connectivity index (χ2v) is 2.28. The van der Waals surface area contributed by atoms with Gasteiger partial charge >= 0.3 is 0 Å². The Labute approximate surface area is 54.9 Å². The summed E-state index contributed by atoms with van der Waals surface area (Å²) in [5.74, 6) is 0. The molecule has 0 amide bonds. The molecule has 0 aromatic carbocycles. The zero-order valence-corrected chi connectivity index (χ0v) is 5.66. The van der Waals surface area contributed by atoms with E-state index in [1.165, 1.54) is 0 Å². The van der Waals surface area contributed by atoms with E-state index in [4.69, 9.17) is 5.21 Å². The predicted molar refractivity (Wildman–Crippen MR) is 34.3 cm³/mol. The first-order valence-electron chi connectivity index (χ1n) is 1.83. The fourth-order valence-corrected chi connectivity index (χ4v) is 0.720. The average Bonchev–Trinajstić information content (AvgIpc) is 1.91. The van der Waals surface area contributed by atoms with E-state index in [2.05, 4.69) is 0 Å². The van der Waals surface area contributed by atoms with Crippen LogP contribution >= 0.6 is 22.6 Å². The van der Waals surface area contributed by atoms with Gasteiger partial charge in [0.05, 0.1) is 0 Å². The highest BCUT2D eigenvalue weighted by molar-refractivity contribution is 14.1. The monoisotopic (exact) mass is 209 g/mol. The van der Waals surface area contributed by atoms with Crippen LogP contribution in [0.2, 0.25) is 0 Å². The van der Waals surface area contributed by atoms with Gasteiger partial charge in [-0.1, -0.05) is 0 Å². The molecule has 3 heteroatoms. The third kappa shape index (κ3) is 0.876. The third-order valence-corrected chi connectivity index (χ3v) is 1.53. The fourth-order valence-electron chi connectivity index (χ4n) is 0.352. The molecular formula is C4H4INO. The maximum Gasteiger partial charge on any atom is 0.117 e. The Morgan fingerprint density at radius 3 is 2.57 bits per heavy atom. The summed E-state index contributed by atoms with van der Waals surface area (Å²) >= 11 is 2.03. The summed E-state index contributed by atoms with van der Waals surface area (Å²) in [6.07, 6.45) is 1.59. The number of aromatic nitrogens is 1. The molecule has 38 valence electrons. The van der Waals surface area contributed by atoms with Crippen LogP contribution in [0, 0.1) is 3.70 Å². The minimum atomic E-state index is 0.831. The summed E-state index contributed by atoms with van der Waals surface area (Å²) in [6, 6.07) is 3.60. The second-order valence-electron chi connectivity index (χ2n) is 1.18. The van der Waals surface area contributed by atoms with E-state index < -0.39 is 0 Å². The Bertz CT molecular complexity index is 144. The summed E-state index contributed by atoms with van der Waals surface area (Å²) in [5.41, 5.74) is 0. The third-order valence-electron chi connectivity index (χ3n) is 0.680. The van der Waals surface area contributed by atoms with Crippen molar-refractivity contribution in [3.63, 3.8) is 0 Å². The van der Waals surface area contributed by atoms with Crippen LogP contribution in [0.15, 0.2) is 18.3 Å². The van der Waals surface area contributed by atoms with Crippen molar-refractivity contribution in [2.75, 3.05) is 0 Å². The first-order chi connectivity index (χ1) is 3.30. The molecule has 1 heterocycles. The van der Waals surface area contributed by atoms with Crippen molar-refractivity contribution >= 4 is 22.6 Å². The van der Waals surface area contributed by atoms with Gasteiger partial charge in [0, 0.05) is 6.20 Å². The van der Waals surface area contributed by atoms with Gasteiger partial charge in [-0.25, -0.2) is 0 Å². The summed E-state index contributed by atoms with van der Waals surface area (Å²) in [6.45, 7) is 0. The lowest BCUT2D eigenvalue weighted by Crippen LogP contribution is -1.86. The van der Waals surface area contributed by atoms with Crippen molar-refractivity contribution in [3.8, 4) is 0 Å². The first-order valence-corrected chi connectivity index (χ1v) is 2.90. The van der Waals surface area contributed by atoms with Gasteiger partial charge in [0.2, 0.25) is 0 Å². The van der Waals surface area contributed by atoms with Crippen LogP contribution in [0.5, 0.6) is 0 Å². The normalized spacial score (nSPS) is 9.29. The summed E-state index contributed by atoms with van der Waals surface area (Å²) in [5, 5.41) is 8.67. The van der Waals surface area contributed by atoms with Crippen LogP contribution in [0.3, 0.4) is 0 Å². The van der Waals surface area contributed by atoms with Crippen LogP contribution in [-0.2, 0) is 0 Å². The minimum absolute atomic E-state index is 0.831. The lowest BCUT2D eigenvalue weighted by Gasteiger charge is -1.86. The SMILES string of the molecule is On1cccc1I. The van der Waals surface area contributed by atoms with Gasteiger partial charge in [-0.3, -0.25) is 0 Å². The molecule has 0 fully saturated rings. The molecule has 0 spiro atoms. The van der Waals surface area contributed by atoms with E-state index >= 15 is 0 Å². The molecule has 0 aliphatic heterocycles. The molecule has 2 nitrogen and oxygen atoms in total. The maximum absolute atomic E-state index is 8.67. The van der Waals surface area contributed by atoms with Crippen LogP contribution in [0.1, 0.15) is 0 Å². The molecule has 1 aromatic heterocycles. The van der Waals surface area contributed by atoms with Crippen LogP contribution in [0.4, 0.5) is 0 Å². The molecule has 0 atom stereocenters. The van der Waals surface area contributed by atoms with Gasteiger partial charge in [0.25, 0.3) is 0 Å². The standard InChI is InChI=1S/C4H4INO/c5-4-2-1-3-6(4)7/h1-3,7H. The molecule has 0 aliphatic rings. The van der Waals surface area contributed by atoms with Gasteiger partial charge < -0.3 is 5.21 Å². The van der Waals surface area contributed by atoms with Crippen LogP contribution < -0.4 is 0 Å². The van der Waals surface area contributed by atoms with Gasteiger partial charge in [-0.2, -0.15) is 4.73 Å². The Morgan fingerprint density at radius 1 is 1.71 bits per heavy atom. The molecule has 1 rings (SSSR count). The largest absolute Gasteiger partial charge is 0.428 e. The second kappa shape index (κ2) is 1.73. The zero-order chi connectivity index (χ0) is 5.28. The number of hydrogen-bond donors (Lipinski definition) is 1. The summed E-state index contributed by atoms with van der Waals surface area (Å²) in [7, 11) is 0. The smallest absolute Gasteiger partial charge is 0.117 e. The number of hydrogen-bond acceptors (Lipinski definition) is 1. The van der Waals surface area contributed by atoms with E-state index in [0.29, 0.717) is 0 Å². The highest BCUT2D eigenvalue weighted by Crippen LogP contribution is 2.00. The Morgan fingerprint density at radius 2 is 2.43 bits per heavy atom. The molecule has 1 N–H and O–H groups in total. The molecule has 0 bridgehead atoms. The Hall–Kier alpha value is -0.190. The van der Waals surface area contributed by atoms with Crippen molar-refractivity contribution in [2.45, 2.75) is 0 Å². The van der Waals surface area contributed by atoms with E-state index in [9.17, 15) is 0 Å². The van der Waals surface area contributed by atoms with Crippen LogP contribution in [0.25, 0.3) is 0 Å². The van der Waals surface area contributed by atoms with Gasteiger partial charge in [-0.15, -0.1) is 0 Å². The first kappa shape index (κ1) is 4.96. The zero-order valence-electron chi connectivity index (χ0n) is 3.50. The molecule has 0 saturated heterocycles. The fraction of sp³-hybridized carbons (Fsp3) is 0. The predicted octanol–water partition coefficient (Wildman–Crippen LogP) is 1.33. The summed E-state index contributed by atoms with van der Waals surface area (Å²) in [4.78, 5) is 0. The van der Waals surface area contributed by atoms with Crippen molar-refractivity contribution in [1.29, 1.82) is 0 Å². The molecule has 7 heavy (non-hydrogen) atoms. The average molecular weight is 209 g/mol. The quantitative estimate of drug-likeness (QED) is 0.506. The van der Waals surface area contributed by atoms with Crippen molar-refractivity contribution in [1.82, 2.24) is 4.73 Å². The van der Waals surface area contributed by atoms with Crippen molar-refractivity contribution in [3.05, 3.63) is 22.0 Å². The van der Waals surface area contributed by atoms with E-state index in [1.54, 1.807) is 12.3 Å². The molecule has 0 saturated carbocycles. The van der Waals surface area contributed by atoms with E-state index in [-0.39, 0.29) is 0 Å². The maximum atomic E-state index is 8.67. The number of rotatable bonds is 0. The van der Waals surface area contributed by atoms with Crippen molar-refractivity contribution < 1.29 is 5.21 Å². The minimum Gasteiger partial charge on any atom is -0.428 e. The van der Waals surface area contributed by atoms with Gasteiger partial charge in [0.1, 0.15) is 3.70 Å². The molecule has 0 radical (unpaired) electrons. The molecule has 0 aliphatic carbocycles. The number of nitrogens with zero attached hydrogens (tertiary/aromatic N) is 1. The highest BCUT2D eigenvalue weighted by atomic mass is 127. The number of halogens is 1. The molecule has 0 unspecified atom stereocenters. The Balaban J connectivity index is 3.12. The van der Waals surface area contributed by atoms with E-state index in [1.807, 2.05) is 28.7 Å². The van der Waals surface area contributed by atoms with Crippen LogP contribution in [-0.4, -0.2) is 9.94 Å². The lowest BCUT2D eigenvalue weighted by molar-refractivity contribution is 0.180. The highest BCUT2D eigenvalue weighted by Gasteiger charge is 1.87. The summed E-state index contributed by atoms with van der Waals surface area (Å²) < 4.78 is 1.90. The van der Waals surface area contributed by atoms with Gasteiger partial charge in [-0.05, 0) is 34.7 Å². The van der Waals surface area contributed by atoms with Gasteiger partial charge in [0.15, 0.2) is 0 Å². The van der Waals surface area contributed by atoms with E-state index in [0.717, 1.165) is 8.43 Å². The molecule has 1 aromatic rings.